The first-order valence-corrected chi connectivity index (χ1v) is 5.07. The van der Waals surface area contributed by atoms with E-state index in [9.17, 15) is 4.79 Å². The van der Waals surface area contributed by atoms with E-state index in [2.05, 4.69) is 15.8 Å². The monoisotopic (exact) mass is 227 g/mol. The number of urea groups is 1. The Morgan fingerprint density at radius 3 is 2.75 bits per heavy atom. The number of carbonyl (C=O) groups is 1. The van der Waals surface area contributed by atoms with E-state index in [1.54, 1.807) is 7.11 Å². The van der Waals surface area contributed by atoms with Gasteiger partial charge in [0.25, 0.3) is 0 Å². The Balaban J connectivity index is 2.32. The van der Waals surface area contributed by atoms with Crippen molar-refractivity contribution in [3.8, 4) is 0 Å². The molecule has 0 atom stereocenters. The predicted octanol–water partition coefficient (Wildman–Crippen LogP) is 0.737. The lowest BCUT2D eigenvalue weighted by molar-refractivity contribution is 0.196. The largest absolute Gasteiger partial charge is 0.383 e. The molecule has 2 N–H and O–H groups in total. The maximum Gasteiger partial charge on any atom is 0.315 e. The Morgan fingerprint density at radius 1 is 1.44 bits per heavy atom. The van der Waals surface area contributed by atoms with E-state index in [0.717, 1.165) is 17.0 Å². The smallest absolute Gasteiger partial charge is 0.315 e. The number of hydrogen-bond acceptors (Lipinski definition) is 4. The van der Waals surface area contributed by atoms with Gasteiger partial charge < -0.3 is 19.9 Å². The lowest BCUT2D eigenvalue weighted by atomic mass is 10.2. The number of carbonyl (C=O) groups excluding carboxylic acids is 1. The normalized spacial score (nSPS) is 10.2. The topological polar surface area (TPSA) is 76.4 Å². The molecule has 90 valence electrons. The molecule has 0 bridgehead atoms. The maximum atomic E-state index is 11.3. The Morgan fingerprint density at radius 2 is 2.19 bits per heavy atom. The summed E-state index contributed by atoms with van der Waals surface area (Å²) in [5, 5.41) is 9.18. The average Bonchev–Trinajstić information content (AvgIpc) is 2.57. The zero-order valence-corrected chi connectivity index (χ0v) is 9.79. The number of amides is 2. The van der Waals surface area contributed by atoms with Crippen LogP contribution in [0, 0.1) is 13.8 Å². The van der Waals surface area contributed by atoms with Gasteiger partial charge in [-0.1, -0.05) is 5.16 Å². The summed E-state index contributed by atoms with van der Waals surface area (Å²) in [7, 11) is 1.59. The molecule has 1 aromatic heterocycles. The van der Waals surface area contributed by atoms with Gasteiger partial charge in [-0.05, 0) is 13.8 Å². The summed E-state index contributed by atoms with van der Waals surface area (Å²) in [5.74, 6) is 0.731. The van der Waals surface area contributed by atoms with E-state index < -0.39 is 0 Å². The van der Waals surface area contributed by atoms with Crippen LogP contribution in [0.4, 0.5) is 4.79 Å². The second kappa shape index (κ2) is 6.12. The number of nitrogens with one attached hydrogen (secondary N) is 2. The van der Waals surface area contributed by atoms with E-state index in [4.69, 9.17) is 9.26 Å². The van der Waals surface area contributed by atoms with Crippen molar-refractivity contribution < 1.29 is 14.1 Å². The number of methoxy groups -OCH3 is 1. The SMILES string of the molecule is COCCNC(=O)NCc1c(C)noc1C. The minimum absolute atomic E-state index is 0.225. The van der Waals surface area contributed by atoms with Crippen molar-refractivity contribution in [3.05, 3.63) is 17.0 Å². The fourth-order valence-electron chi connectivity index (χ4n) is 1.25. The lowest BCUT2D eigenvalue weighted by Crippen LogP contribution is -2.36. The molecule has 0 radical (unpaired) electrons. The second-order valence-electron chi connectivity index (χ2n) is 3.40. The molecule has 0 saturated carbocycles. The van der Waals surface area contributed by atoms with Gasteiger partial charge in [0.15, 0.2) is 0 Å². The quantitative estimate of drug-likeness (QED) is 0.727. The van der Waals surface area contributed by atoms with Crippen molar-refractivity contribution in [2.24, 2.45) is 0 Å². The van der Waals surface area contributed by atoms with Crippen LogP contribution in [0.3, 0.4) is 0 Å². The average molecular weight is 227 g/mol. The molecule has 2 amide bonds. The lowest BCUT2D eigenvalue weighted by Gasteiger charge is -2.06. The molecule has 1 rings (SSSR count). The zero-order valence-electron chi connectivity index (χ0n) is 9.79. The first kappa shape index (κ1) is 12.5. The van der Waals surface area contributed by atoms with Crippen molar-refractivity contribution in [1.29, 1.82) is 0 Å². The molecule has 0 unspecified atom stereocenters. The third kappa shape index (κ3) is 3.54. The summed E-state index contributed by atoms with van der Waals surface area (Å²) in [6.07, 6.45) is 0. The van der Waals surface area contributed by atoms with Crippen LogP contribution in [-0.2, 0) is 11.3 Å². The Labute approximate surface area is 94.3 Å². The molecule has 6 nitrogen and oxygen atoms in total. The predicted molar refractivity (Wildman–Crippen MR) is 58.1 cm³/mol. The van der Waals surface area contributed by atoms with Crippen LogP contribution < -0.4 is 10.6 Å². The molecular formula is C10H17N3O3. The van der Waals surface area contributed by atoms with Gasteiger partial charge in [0, 0.05) is 25.8 Å². The number of aryl methyl sites for hydroxylation is 2. The molecule has 0 aromatic carbocycles. The number of ether oxygens (including phenoxy) is 1. The summed E-state index contributed by atoms with van der Waals surface area (Å²) >= 11 is 0. The highest BCUT2D eigenvalue weighted by molar-refractivity contribution is 5.73. The third-order valence-corrected chi connectivity index (χ3v) is 2.20. The van der Waals surface area contributed by atoms with E-state index in [-0.39, 0.29) is 6.03 Å². The third-order valence-electron chi connectivity index (χ3n) is 2.20. The number of nitrogens with zero attached hydrogens (tertiary/aromatic N) is 1. The Bertz CT molecular complexity index is 330. The molecule has 0 fully saturated rings. The molecule has 0 saturated heterocycles. The van der Waals surface area contributed by atoms with Crippen LogP contribution in [0.25, 0.3) is 0 Å². The van der Waals surface area contributed by atoms with Crippen LogP contribution in [0.15, 0.2) is 4.52 Å². The fourth-order valence-corrected chi connectivity index (χ4v) is 1.25. The maximum absolute atomic E-state index is 11.3. The number of rotatable bonds is 5. The molecule has 0 spiro atoms. The van der Waals surface area contributed by atoms with E-state index in [0.29, 0.717) is 19.7 Å². The standard InChI is InChI=1S/C10H17N3O3/c1-7-9(8(2)16-13-7)6-12-10(14)11-4-5-15-3/h4-6H2,1-3H3,(H2,11,12,14). The van der Waals surface area contributed by atoms with E-state index >= 15 is 0 Å². The molecule has 1 aromatic rings. The summed E-state index contributed by atoms with van der Waals surface area (Å²) < 4.78 is 9.80. The van der Waals surface area contributed by atoms with Gasteiger partial charge >= 0.3 is 6.03 Å². The highest BCUT2D eigenvalue weighted by atomic mass is 16.5. The molecular weight excluding hydrogens is 210 g/mol. The van der Waals surface area contributed by atoms with Gasteiger partial charge in [0.2, 0.25) is 0 Å². The van der Waals surface area contributed by atoms with Gasteiger partial charge in [-0.25, -0.2) is 4.79 Å². The second-order valence-corrected chi connectivity index (χ2v) is 3.40. The first-order chi connectivity index (χ1) is 7.65. The molecule has 0 aliphatic carbocycles. The highest BCUT2D eigenvalue weighted by Gasteiger charge is 2.09. The van der Waals surface area contributed by atoms with Crippen LogP contribution in [0.2, 0.25) is 0 Å². The van der Waals surface area contributed by atoms with Crippen LogP contribution >= 0.6 is 0 Å². The van der Waals surface area contributed by atoms with Gasteiger partial charge in [-0.15, -0.1) is 0 Å². The van der Waals surface area contributed by atoms with Crippen molar-refractivity contribution in [3.63, 3.8) is 0 Å². The van der Waals surface area contributed by atoms with Gasteiger partial charge in [-0.3, -0.25) is 0 Å². The molecule has 0 aliphatic heterocycles. The Hall–Kier alpha value is -1.56. The number of aromatic nitrogens is 1. The Kier molecular flexibility index (Phi) is 4.78. The van der Waals surface area contributed by atoms with Crippen molar-refractivity contribution >= 4 is 6.03 Å². The minimum atomic E-state index is -0.225. The molecule has 16 heavy (non-hydrogen) atoms. The van der Waals surface area contributed by atoms with Crippen molar-refractivity contribution in [2.45, 2.75) is 20.4 Å². The summed E-state index contributed by atoms with van der Waals surface area (Å²) in [6, 6.07) is -0.225. The number of hydrogen-bond donors (Lipinski definition) is 2. The van der Waals surface area contributed by atoms with Gasteiger partial charge in [-0.2, -0.15) is 0 Å². The van der Waals surface area contributed by atoms with Crippen molar-refractivity contribution in [2.75, 3.05) is 20.3 Å². The molecule has 1 heterocycles. The van der Waals surface area contributed by atoms with Crippen molar-refractivity contribution in [1.82, 2.24) is 15.8 Å². The molecule has 0 aliphatic rings. The van der Waals surface area contributed by atoms with Crippen LogP contribution in [-0.4, -0.2) is 31.4 Å². The van der Waals surface area contributed by atoms with Crippen LogP contribution in [0.5, 0.6) is 0 Å². The summed E-state index contributed by atoms with van der Waals surface area (Å²) in [4.78, 5) is 11.3. The van der Waals surface area contributed by atoms with E-state index in [1.165, 1.54) is 0 Å². The highest BCUT2D eigenvalue weighted by Crippen LogP contribution is 2.11. The van der Waals surface area contributed by atoms with E-state index in [1.807, 2.05) is 13.8 Å². The first-order valence-electron chi connectivity index (χ1n) is 5.07. The molecule has 6 heteroatoms. The van der Waals surface area contributed by atoms with Crippen LogP contribution in [0.1, 0.15) is 17.0 Å². The zero-order chi connectivity index (χ0) is 12.0. The minimum Gasteiger partial charge on any atom is -0.383 e. The fraction of sp³-hybridized carbons (Fsp3) is 0.600. The summed E-state index contributed by atoms with van der Waals surface area (Å²) in [5.41, 5.74) is 1.72. The van der Waals surface area contributed by atoms with Gasteiger partial charge in [0.05, 0.1) is 12.3 Å². The summed E-state index contributed by atoms with van der Waals surface area (Å²) in [6.45, 7) is 5.07. The van der Waals surface area contributed by atoms with Gasteiger partial charge in [0.1, 0.15) is 5.76 Å².